The van der Waals surface area contributed by atoms with Crippen molar-refractivity contribution in [3.8, 4) is 11.5 Å². The molecule has 1 heterocycles. The van der Waals surface area contributed by atoms with Crippen LogP contribution in [0.4, 0.5) is 11.4 Å². The van der Waals surface area contributed by atoms with Crippen molar-refractivity contribution in [3.63, 3.8) is 0 Å². The molecule has 0 spiro atoms. The zero-order chi connectivity index (χ0) is 21.7. The predicted octanol–water partition coefficient (Wildman–Crippen LogP) is 3.62. The van der Waals surface area contributed by atoms with E-state index in [1.165, 1.54) is 35.1 Å². The summed E-state index contributed by atoms with van der Waals surface area (Å²) >= 11 is 0. The molecule has 0 saturated heterocycles. The van der Waals surface area contributed by atoms with E-state index < -0.39 is 16.8 Å². The topological polar surface area (TPSA) is 137 Å². The van der Waals surface area contributed by atoms with Gasteiger partial charge in [0.15, 0.2) is 5.69 Å². The molecule has 2 aromatic carbocycles. The number of ether oxygens (including phenoxy) is 1. The number of nitrogens with zero attached hydrogens (tertiary/aromatic N) is 3. The minimum Gasteiger partial charge on any atom is -0.481 e. The third-order valence-corrected chi connectivity index (χ3v) is 4.04. The standard InChI is InChI=1S/C20H18N4O6/c1-13-2-4-16(5-3-13)30-17-11-14(10-15(12-17)24(28)29)21-20(27)18-6-8-23(22-18)9-7-19(25)26/h2-6,8,10-12H,7,9H2,1H3,(H,21,27)(H,25,26). The Hall–Kier alpha value is -4.21. The van der Waals surface area contributed by atoms with Crippen LogP contribution in [-0.4, -0.2) is 31.7 Å². The number of carbonyl (C=O) groups excluding carboxylic acids is 1. The first-order valence-corrected chi connectivity index (χ1v) is 8.91. The molecule has 0 aliphatic heterocycles. The lowest BCUT2D eigenvalue weighted by molar-refractivity contribution is -0.384. The summed E-state index contributed by atoms with van der Waals surface area (Å²) in [5, 5.41) is 26.5. The van der Waals surface area contributed by atoms with E-state index in [-0.39, 0.29) is 35.8 Å². The van der Waals surface area contributed by atoms with Crippen LogP contribution in [-0.2, 0) is 11.3 Å². The zero-order valence-corrected chi connectivity index (χ0v) is 15.9. The summed E-state index contributed by atoms with van der Waals surface area (Å²) in [6.45, 7) is 2.04. The van der Waals surface area contributed by atoms with Gasteiger partial charge in [0.25, 0.3) is 11.6 Å². The van der Waals surface area contributed by atoms with Gasteiger partial charge < -0.3 is 15.2 Å². The van der Waals surface area contributed by atoms with Gasteiger partial charge in [-0.2, -0.15) is 5.10 Å². The number of aryl methyl sites for hydroxylation is 2. The number of rotatable bonds is 8. The summed E-state index contributed by atoms with van der Waals surface area (Å²) in [5.41, 5.74) is 1.00. The van der Waals surface area contributed by atoms with Gasteiger partial charge in [-0.05, 0) is 25.1 Å². The number of nitro groups is 1. The summed E-state index contributed by atoms with van der Waals surface area (Å²) in [4.78, 5) is 33.8. The number of nitrogens with one attached hydrogen (secondary N) is 1. The third kappa shape index (κ3) is 5.41. The molecule has 0 fully saturated rings. The average Bonchev–Trinajstić information content (AvgIpc) is 3.17. The smallest absolute Gasteiger partial charge is 0.305 e. The second kappa shape index (κ2) is 8.86. The summed E-state index contributed by atoms with van der Waals surface area (Å²) in [7, 11) is 0. The second-order valence-corrected chi connectivity index (χ2v) is 6.45. The van der Waals surface area contributed by atoms with Crippen molar-refractivity contribution in [2.24, 2.45) is 0 Å². The molecule has 30 heavy (non-hydrogen) atoms. The Morgan fingerprint density at radius 1 is 1.17 bits per heavy atom. The van der Waals surface area contributed by atoms with E-state index in [0.717, 1.165) is 5.56 Å². The van der Waals surface area contributed by atoms with Gasteiger partial charge in [-0.25, -0.2) is 0 Å². The maximum atomic E-state index is 12.4. The van der Waals surface area contributed by atoms with Crippen LogP contribution in [0.2, 0.25) is 0 Å². The second-order valence-electron chi connectivity index (χ2n) is 6.45. The molecule has 3 aromatic rings. The number of non-ortho nitro benzene ring substituents is 1. The number of carboxylic acids is 1. The first-order valence-electron chi connectivity index (χ1n) is 8.91. The molecule has 0 aliphatic carbocycles. The van der Waals surface area contributed by atoms with Gasteiger partial charge in [-0.15, -0.1) is 0 Å². The van der Waals surface area contributed by atoms with Crippen molar-refractivity contribution in [2.45, 2.75) is 19.9 Å². The Kier molecular flexibility index (Phi) is 6.06. The minimum absolute atomic E-state index is 0.0490. The highest BCUT2D eigenvalue weighted by molar-refractivity contribution is 6.03. The summed E-state index contributed by atoms with van der Waals surface area (Å²) in [5.74, 6) is -0.883. The van der Waals surface area contributed by atoms with E-state index in [1.54, 1.807) is 12.1 Å². The largest absolute Gasteiger partial charge is 0.481 e. The molecule has 10 heteroatoms. The van der Waals surface area contributed by atoms with Gasteiger partial charge in [0.05, 0.1) is 29.6 Å². The lowest BCUT2D eigenvalue weighted by Gasteiger charge is -2.09. The van der Waals surface area contributed by atoms with E-state index in [9.17, 15) is 19.7 Å². The van der Waals surface area contributed by atoms with Crippen LogP contribution in [0.5, 0.6) is 11.5 Å². The van der Waals surface area contributed by atoms with Gasteiger partial charge in [-0.1, -0.05) is 17.7 Å². The summed E-state index contributed by atoms with van der Waals surface area (Å²) in [6.07, 6.45) is 1.35. The molecule has 154 valence electrons. The number of benzene rings is 2. The van der Waals surface area contributed by atoms with Gasteiger partial charge in [0, 0.05) is 18.3 Å². The molecule has 0 bridgehead atoms. The Morgan fingerprint density at radius 3 is 2.57 bits per heavy atom. The van der Waals surface area contributed by atoms with Crippen LogP contribution in [0, 0.1) is 17.0 Å². The van der Waals surface area contributed by atoms with Crippen molar-refractivity contribution in [3.05, 3.63) is 76.1 Å². The molecule has 0 aliphatic rings. The molecule has 3 rings (SSSR count). The van der Waals surface area contributed by atoms with Gasteiger partial charge >= 0.3 is 5.97 Å². The fourth-order valence-electron chi connectivity index (χ4n) is 2.57. The van der Waals surface area contributed by atoms with Crippen LogP contribution in [0.3, 0.4) is 0 Å². The highest BCUT2D eigenvalue weighted by atomic mass is 16.6. The average molecular weight is 410 g/mol. The van der Waals surface area contributed by atoms with E-state index >= 15 is 0 Å². The lowest BCUT2D eigenvalue weighted by Crippen LogP contribution is -2.14. The van der Waals surface area contributed by atoms with Crippen molar-refractivity contribution < 1.29 is 24.4 Å². The molecule has 0 atom stereocenters. The summed E-state index contributed by atoms with van der Waals surface area (Å²) < 4.78 is 7.02. The van der Waals surface area contributed by atoms with Crippen LogP contribution in [0.15, 0.2) is 54.7 Å². The van der Waals surface area contributed by atoms with Gasteiger partial charge in [0.2, 0.25) is 0 Å². The third-order valence-electron chi connectivity index (χ3n) is 4.04. The predicted molar refractivity (Wildman–Crippen MR) is 107 cm³/mol. The monoisotopic (exact) mass is 410 g/mol. The number of aromatic nitrogens is 2. The van der Waals surface area contributed by atoms with Crippen LogP contribution in [0.25, 0.3) is 0 Å². The zero-order valence-electron chi connectivity index (χ0n) is 15.9. The number of aliphatic carboxylic acids is 1. The van der Waals surface area contributed by atoms with Crippen LogP contribution in [0.1, 0.15) is 22.5 Å². The maximum absolute atomic E-state index is 12.4. The Morgan fingerprint density at radius 2 is 1.90 bits per heavy atom. The summed E-state index contributed by atoms with van der Waals surface area (Å²) in [6, 6.07) is 12.5. The van der Waals surface area contributed by atoms with Crippen molar-refractivity contribution in [2.75, 3.05) is 5.32 Å². The van der Waals surface area contributed by atoms with E-state index in [4.69, 9.17) is 9.84 Å². The van der Waals surface area contributed by atoms with E-state index in [1.807, 2.05) is 19.1 Å². The molecule has 0 unspecified atom stereocenters. The number of carbonyl (C=O) groups is 2. The molecule has 0 radical (unpaired) electrons. The quantitative estimate of drug-likeness (QED) is 0.427. The van der Waals surface area contributed by atoms with Crippen LogP contribution < -0.4 is 10.1 Å². The lowest BCUT2D eigenvalue weighted by atomic mass is 10.2. The Bertz CT molecular complexity index is 1090. The maximum Gasteiger partial charge on any atom is 0.305 e. The molecular formula is C20H18N4O6. The molecule has 0 saturated carbocycles. The number of nitro benzene ring substituents is 1. The molecule has 10 nitrogen and oxygen atoms in total. The first-order chi connectivity index (χ1) is 14.3. The number of hydrogen-bond acceptors (Lipinski definition) is 6. The van der Waals surface area contributed by atoms with E-state index in [0.29, 0.717) is 5.75 Å². The highest BCUT2D eigenvalue weighted by Crippen LogP contribution is 2.30. The molecule has 1 aromatic heterocycles. The normalized spacial score (nSPS) is 10.4. The van der Waals surface area contributed by atoms with Crippen molar-refractivity contribution >= 4 is 23.3 Å². The first kappa shape index (κ1) is 20.5. The van der Waals surface area contributed by atoms with Gasteiger partial charge in [-0.3, -0.25) is 24.4 Å². The van der Waals surface area contributed by atoms with Crippen LogP contribution >= 0.6 is 0 Å². The Labute approximate surface area is 170 Å². The van der Waals surface area contributed by atoms with Crippen molar-refractivity contribution in [1.82, 2.24) is 9.78 Å². The highest BCUT2D eigenvalue weighted by Gasteiger charge is 2.15. The number of anilines is 1. The fourth-order valence-corrected chi connectivity index (χ4v) is 2.57. The number of amides is 1. The van der Waals surface area contributed by atoms with E-state index in [2.05, 4.69) is 10.4 Å². The number of carboxylic acid groups (broad SMARTS) is 1. The fraction of sp³-hybridized carbons (Fsp3) is 0.150. The number of hydrogen-bond donors (Lipinski definition) is 2. The SMILES string of the molecule is Cc1ccc(Oc2cc(NC(=O)c3ccn(CCC(=O)O)n3)cc([N+](=O)[O-])c2)cc1. The molecular weight excluding hydrogens is 392 g/mol. The minimum atomic E-state index is -0.978. The molecule has 1 amide bonds. The van der Waals surface area contributed by atoms with Gasteiger partial charge in [0.1, 0.15) is 11.5 Å². The van der Waals surface area contributed by atoms with Crippen molar-refractivity contribution in [1.29, 1.82) is 0 Å². The Balaban J connectivity index is 1.78. The molecule has 2 N–H and O–H groups in total.